The Hall–Kier alpha value is -3.94. The first-order valence-electron chi connectivity index (χ1n) is 12.3. The SMILES string of the molecule is CC(C)/C=C(\C#N)C(=O)N1CC(Cn2c(NCOCc3ccc(-c4cn[nH]c4)s3)nc3ccccc32)C1. The molecule has 1 saturated heterocycles. The van der Waals surface area contributed by atoms with Gasteiger partial charge in [0, 0.05) is 47.1 Å². The number of amides is 1. The van der Waals surface area contributed by atoms with E-state index in [1.165, 1.54) is 0 Å². The van der Waals surface area contributed by atoms with Crippen molar-refractivity contribution in [1.29, 1.82) is 5.26 Å². The number of likely N-dealkylation sites (tertiary alicyclic amines) is 1. The molecule has 1 fully saturated rings. The highest BCUT2D eigenvalue weighted by Gasteiger charge is 2.33. The van der Waals surface area contributed by atoms with E-state index >= 15 is 0 Å². The van der Waals surface area contributed by atoms with E-state index in [-0.39, 0.29) is 23.3 Å². The maximum atomic E-state index is 12.7. The highest BCUT2D eigenvalue weighted by molar-refractivity contribution is 7.15. The summed E-state index contributed by atoms with van der Waals surface area (Å²) in [7, 11) is 0. The number of carbonyl (C=O) groups is 1. The molecule has 1 amide bonds. The topological polar surface area (TPSA) is 112 Å². The predicted molar refractivity (Wildman–Crippen MR) is 144 cm³/mol. The first kappa shape index (κ1) is 24.7. The van der Waals surface area contributed by atoms with E-state index in [1.807, 2.05) is 44.4 Å². The van der Waals surface area contributed by atoms with Gasteiger partial charge in [-0.2, -0.15) is 10.4 Å². The molecule has 4 aromatic rings. The summed E-state index contributed by atoms with van der Waals surface area (Å²) in [4.78, 5) is 21.5. The summed E-state index contributed by atoms with van der Waals surface area (Å²) in [5.41, 5.74) is 3.24. The third-order valence-corrected chi connectivity index (χ3v) is 7.32. The third kappa shape index (κ3) is 5.58. The van der Waals surface area contributed by atoms with Crippen LogP contribution in [0.3, 0.4) is 0 Å². The summed E-state index contributed by atoms with van der Waals surface area (Å²) >= 11 is 1.68. The molecule has 10 heteroatoms. The number of allylic oxidation sites excluding steroid dienone is 1. The largest absolute Gasteiger partial charge is 0.356 e. The number of nitrogens with one attached hydrogen (secondary N) is 2. The summed E-state index contributed by atoms with van der Waals surface area (Å²) < 4.78 is 8.06. The molecule has 5 rings (SSSR count). The molecule has 2 N–H and O–H groups in total. The quantitative estimate of drug-likeness (QED) is 0.138. The minimum atomic E-state index is -0.181. The molecule has 0 spiro atoms. The van der Waals surface area contributed by atoms with Crippen LogP contribution in [0.4, 0.5) is 5.95 Å². The van der Waals surface area contributed by atoms with Crippen LogP contribution in [-0.2, 0) is 22.7 Å². The van der Waals surface area contributed by atoms with Gasteiger partial charge in [0.05, 0.1) is 23.8 Å². The van der Waals surface area contributed by atoms with Crippen molar-refractivity contribution >= 4 is 34.2 Å². The summed E-state index contributed by atoms with van der Waals surface area (Å²) in [5.74, 6) is 1.00. The number of benzene rings is 1. The molecule has 9 nitrogen and oxygen atoms in total. The van der Waals surface area contributed by atoms with Crippen LogP contribution >= 0.6 is 11.3 Å². The Bertz CT molecular complexity index is 1440. The summed E-state index contributed by atoms with van der Waals surface area (Å²) in [6.45, 7) is 6.71. The van der Waals surface area contributed by atoms with Gasteiger partial charge in [-0.3, -0.25) is 9.89 Å². The molecule has 1 aliphatic heterocycles. The monoisotopic (exact) mass is 515 g/mol. The Balaban J connectivity index is 1.19. The van der Waals surface area contributed by atoms with E-state index in [2.05, 4.69) is 44.3 Å². The van der Waals surface area contributed by atoms with Crippen molar-refractivity contribution in [1.82, 2.24) is 24.6 Å². The van der Waals surface area contributed by atoms with Gasteiger partial charge < -0.3 is 19.5 Å². The summed E-state index contributed by atoms with van der Waals surface area (Å²) in [5, 5.41) is 19.5. The second-order valence-corrected chi connectivity index (χ2v) is 10.6. The van der Waals surface area contributed by atoms with Gasteiger partial charge in [-0.05, 0) is 30.2 Å². The fourth-order valence-corrected chi connectivity index (χ4v) is 5.35. The average Bonchev–Trinajstić information content (AvgIpc) is 3.62. The fourth-order valence-electron chi connectivity index (χ4n) is 4.43. The molecule has 0 saturated carbocycles. The van der Waals surface area contributed by atoms with Crippen LogP contribution in [0.1, 0.15) is 18.7 Å². The number of hydrogen-bond donors (Lipinski definition) is 2. The van der Waals surface area contributed by atoms with Crippen LogP contribution in [0.15, 0.2) is 60.4 Å². The standard InChI is InChI=1S/C27H29N7O2S/c1-18(2)9-20(10-28)26(35)33-13-19(14-33)15-34-24-6-4-3-5-23(24)32-27(34)29-17-36-16-22-7-8-25(37-22)21-11-30-31-12-21/h3-9,11-12,18-19H,13-17H2,1-2H3,(H,29,32)(H,30,31)/b20-9+. The zero-order valence-electron chi connectivity index (χ0n) is 20.8. The molecule has 190 valence electrons. The van der Waals surface area contributed by atoms with Crippen molar-refractivity contribution in [3.8, 4) is 16.5 Å². The van der Waals surface area contributed by atoms with E-state index < -0.39 is 0 Å². The zero-order valence-corrected chi connectivity index (χ0v) is 21.7. The third-order valence-electron chi connectivity index (χ3n) is 6.21. The minimum Gasteiger partial charge on any atom is -0.356 e. The van der Waals surface area contributed by atoms with Crippen molar-refractivity contribution in [2.75, 3.05) is 25.1 Å². The number of hydrogen-bond acceptors (Lipinski definition) is 7. The van der Waals surface area contributed by atoms with Crippen LogP contribution < -0.4 is 5.32 Å². The van der Waals surface area contributed by atoms with E-state index in [0.717, 1.165) is 38.8 Å². The number of H-pyrrole nitrogens is 1. The van der Waals surface area contributed by atoms with E-state index in [1.54, 1.807) is 22.3 Å². The van der Waals surface area contributed by atoms with E-state index in [0.29, 0.717) is 26.4 Å². The summed E-state index contributed by atoms with van der Waals surface area (Å²) in [6.07, 6.45) is 5.42. The van der Waals surface area contributed by atoms with Crippen LogP contribution in [0.5, 0.6) is 0 Å². The normalized spacial score (nSPS) is 14.2. The maximum Gasteiger partial charge on any atom is 0.264 e. The lowest BCUT2D eigenvalue weighted by Crippen LogP contribution is -2.51. The lowest BCUT2D eigenvalue weighted by molar-refractivity contribution is -0.133. The number of nitriles is 1. The molecular weight excluding hydrogens is 486 g/mol. The van der Waals surface area contributed by atoms with Crippen LogP contribution in [-0.4, -0.2) is 50.4 Å². The zero-order chi connectivity index (χ0) is 25.8. The van der Waals surface area contributed by atoms with Gasteiger partial charge in [-0.1, -0.05) is 32.1 Å². The molecular formula is C27H29N7O2S. The summed E-state index contributed by atoms with van der Waals surface area (Å²) in [6, 6.07) is 14.2. The molecule has 37 heavy (non-hydrogen) atoms. The molecule has 3 aromatic heterocycles. The number of anilines is 1. The fraction of sp³-hybridized carbons (Fsp3) is 0.333. The highest BCUT2D eigenvalue weighted by Crippen LogP contribution is 2.28. The van der Waals surface area contributed by atoms with Crippen molar-refractivity contribution in [3.63, 3.8) is 0 Å². The van der Waals surface area contributed by atoms with Gasteiger partial charge in [0.1, 0.15) is 18.4 Å². The number of carbonyl (C=O) groups excluding carboxylic acids is 1. The number of aromatic nitrogens is 4. The van der Waals surface area contributed by atoms with Gasteiger partial charge in [0.15, 0.2) is 0 Å². The molecule has 4 heterocycles. The van der Waals surface area contributed by atoms with Crippen LogP contribution in [0.25, 0.3) is 21.5 Å². The Morgan fingerprint density at radius 1 is 1.32 bits per heavy atom. The second kappa shape index (κ2) is 11.0. The van der Waals surface area contributed by atoms with Gasteiger partial charge in [-0.15, -0.1) is 11.3 Å². The molecule has 0 atom stereocenters. The molecule has 0 unspecified atom stereocenters. The molecule has 0 radical (unpaired) electrons. The van der Waals surface area contributed by atoms with E-state index in [4.69, 9.17) is 9.72 Å². The van der Waals surface area contributed by atoms with Gasteiger partial charge >= 0.3 is 0 Å². The Morgan fingerprint density at radius 2 is 2.16 bits per heavy atom. The van der Waals surface area contributed by atoms with Gasteiger partial charge in [-0.25, -0.2) is 4.98 Å². The first-order valence-corrected chi connectivity index (χ1v) is 13.1. The number of thiophene rings is 1. The number of aromatic amines is 1. The van der Waals surface area contributed by atoms with Crippen molar-refractivity contribution in [2.24, 2.45) is 11.8 Å². The Labute approximate surface area is 219 Å². The molecule has 0 bridgehead atoms. The second-order valence-electron chi connectivity index (χ2n) is 9.47. The van der Waals surface area contributed by atoms with Crippen molar-refractivity contribution in [3.05, 3.63) is 65.3 Å². The lowest BCUT2D eigenvalue weighted by Gasteiger charge is -2.39. The van der Waals surface area contributed by atoms with Crippen LogP contribution in [0, 0.1) is 23.2 Å². The number of rotatable bonds is 10. The van der Waals surface area contributed by atoms with E-state index in [9.17, 15) is 10.1 Å². The minimum absolute atomic E-state index is 0.155. The molecule has 1 aliphatic rings. The lowest BCUT2D eigenvalue weighted by atomic mass is 9.98. The predicted octanol–water partition coefficient (Wildman–Crippen LogP) is 4.64. The number of para-hydroxylation sites is 2. The number of ether oxygens (including phenoxy) is 1. The molecule has 0 aliphatic carbocycles. The number of imidazole rings is 1. The maximum absolute atomic E-state index is 12.7. The Morgan fingerprint density at radius 3 is 2.92 bits per heavy atom. The van der Waals surface area contributed by atoms with Crippen molar-refractivity contribution < 1.29 is 9.53 Å². The van der Waals surface area contributed by atoms with Gasteiger partial charge in [0.2, 0.25) is 5.95 Å². The number of nitrogens with zero attached hydrogens (tertiary/aromatic N) is 5. The Kier molecular flexibility index (Phi) is 7.35. The van der Waals surface area contributed by atoms with Gasteiger partial charge in [0.25, 0.3) is 5.91 Å². The van der Waals surface area contributed by atoms with Crippen LogP contribution in [0.2, 0.25) is 0 Å². The number of fused-ring (bicyclic) bond motifs is 1. The highest BCUT2D eigenvalue weighted by atomic mass is 32.1. The smallest absolute Gasteiger partial charge is 0.264 e. The van der Waals surface area contributed by atoms with Crippen molar-refractivity contribution in [2.45, 2.75) is 27.0 Å². The average molecular weight is 516 g/mol. The first-order chi connectivity index (χ1) is 18.0. The molecule has 1 aromatic carbocycles.